The number of aromatic nitrogens is 1. The van der Waals surface area contributed by atoms with E-state index in [2.05, 4.69) is 107 Å². The number of fused-ring (bicyclic) bond motifs is 11. The van der Waals surface area contributed by atoms with E-state index in [4.69, 9.17) is 9.98 Å². The van der Waals surface area contributed by atoms with Gasteiger partial charge in [-0.05, 0) is 75.0 Å². The Hall–Kier alpha value is -4.70. The molecule has 3 heterocycles. The average molecular weight is 531 g/mol. The first-order valence-corrected chi connectivity index (χ1v) is 14.8. The van der Waals surface area contributed by atoms with Crippen LogP contribution in [0.5, 0.6) is 0 Å². The molecule has 0 bridgehead atoms. The van der Waals surface area contributed by atoms with Crippen molar-refractivity contribution < 1.29 is 0 Å². The van der Waals surface area contributed by atoms with Crippen molar-refractivity contribution in [1.82, 2.24) is 9.88 Å². The van der Waals surface area contributed by atoms with Crippen LogP contribution >= 0.6 is 0 Å². The van der Waals surface area contributed by atoms with Crippen molar-refractivity contribution in [2.24, 2.45) is 4.99 Å². The molecule has 1 spiro atoms. The third kappa shape index (κ3) is 3.10. The number of benzene rings is 4. The molecular formula is C37H30N4. The van der Waals surface area contributed by atoms with Crippen LogP contribution in [0.2, 0.25) is 0 Å². The van der Waals surface area contributed by atoms with Crippen molar-refractivity contribution in [2.45, 2.75) is 18.3 Å². The minimum Gasteiger partial charge on any atom is -0.342 e. The van der Waals surface area contributed by atoms with Crippen LogP contribution in [0.3, 0.4) is 0 Å². The number of nitrogens with zero attached hydrogens (tertiary/aromatic N) is 4. The van der Waals surface area contributed by atoms with Crippen LogP contribution in [0.15, 0.2) is 114 Å². The molecule has 0 saturated carbocycles. The van der Waals surface area contributed by atoms with Crippen LogP contribution < -0.4 is 4.90 Å². The molecule has 1 saturated heterocycles. The third-order valence-corrected chi connectivity index (χ3v) is 9.54. The minimum absolute atomic E-state index is 0.297. The molecule has 4 nitrogen and oxygen atoms in total. The Balaban J connectivity index is 1.21. The molecule has 4 aliphatic rings. The van der Waals surface area contributed by atoms with E-state index in [1.54, 1.807) is 0 Å². The fourth-order valence-electron chi connectivity index (χ4n) is 7.89. The van der Waals surface area contributed by atoms with E-state index in [0.29, 0.717) is 0 Å². The number of hydrogen-bond acceptors (Lipinski definition) is 4. The third-order valence-electron chi connectivity index (χ3n) is 9.54. The molecule has 5 aromatic rings. The zero-order chi connectivity index (χ0) is 27.0. The molecule has 1 fully saturated rings. The summed E-state index contributed by atoms with van der Waals surface area (Å²) in [6.07, 6.45) is 6.28. The fourth-order valence-corrected chi connectivity index (χ4v) is 7.89. The van der Waals surface area contributed by atoms with Crippen LogP contribution in [0.25, 0.3) is 33.4 Å². The van der Waals surface area contributed by atoms with Crippen LogP contribution in [-0.2, 0) is 5.41 Å². The molecule has 0 amide bonds. The number of rotatable bonds is 2. The summed E-state index contributed by atoms with van der Waals surface area (Å²) in [5, 5.41) is 0. The lowest BCUT2D eigenvalue weighted by Crippen LogP contribution is -2.52. The van der Waals surface area contributed by atoms with Gasteiger partial charge in [0.25, 0.3) is 0 Å². The smallest absolute Gasteiger partial charge is 0.201 e. The first-order valence-electron chi connectivity index (χ1n) is 14.8. The highest BCUT2D eigenvalue weighted by Gasteiger charge is 2.51. The first kappa shape index (κ1) is 23.0. The van der Waals surface area contributed by atoms with Crippen molar-refractivity contribution in [3.8, 4) is 33.4 Å². The van der Waals surface area contributed by atoms with E-state index >= 15 is 0 Å². The van der Waals surface area contributed by atoms with E-state index < -0.39 is 0 Å². The summed E-state index contributed by atoms with van der Waals surface area (Å²) in [5.74, 6) is 1.12. The second-order valence-corrected chi connectivity index (χ2v) is 11.6. The first-order chi connectivity index (χ1) is 20.3. The van der Waals surface area contributed by atoms with Crippen LogP contribution in [0, 0.1) is 0 Å². The van der Waals surface area contributed by atoms with Crippen molar-refractivity contribution in [2.75, 3.05) is 31.1 Å². The second-order valence-electron chi connectivity index (χ2n) is 11.6. The standard InChI is InChI=1S/C37H30N4/c1-4-12-32-28(9-1)29-10-2-5-13-33(29)37(32)34-14-6-3-11-30(34)31-22-25(15-16-35(31)37)26-21-27(24-38-23-26)41-20-8-19-40-18-7-17-39-36(40)41/h1-6,9-16,21-24H,7-8,17-20H2. The Morgan fingerprint density at radius 2 is 1.20 bits per heavy atom. The maximum atomic E-state index is 4.90. The van der Waals surface area contributed by atoms with Crippen LogP contribution in [-0.4, -0.2) is 42.0 Å². The molecule has 1 aromatic heterocycles. The van der Waals surface area contributed by atoms with Gasteiger partial charge in [-0.15, -0.1) is 0 Å². The largest absolute Gasteiger partial charge is 0.342 e. The highest BCUT2D eigenvalue weighted by atomic mass is 15.4. The minimum atomic E-state index is -0.297. The summed E-state index contributed by atoms with van der Waals surface area (Å²) < 4.78 is 0. The topological polar surface area (TPSA) is 31.7 Å². The number of anilines is 1. The molecule has 2 aliphatic carbocycles. The SMILES string of the molecule is c1ccc2c(c1)-c1ccccc1C21c2ccccc2-c2cc(-c3cncc(N4CCCN5CCCN=C54)c3)ccc21. The van der Waals surface area contributed by atoms with E-state index in [0.717, 1.165) is 56.2 Å². The lowest BCUT2D eigenvalue weighted by molar-refractivity contribution is 0.360. The summed E-state index contributed by atoms with van der Waals surface area (Å²) in [5.41, 5.74) is 14.0. The number of aliphatic imine (C=N–C) groups is 1. The summed E-state index contributed by atoms with van der Waals surface area (Å²) >= 11 is 0. The van der Waals surface area contributed by atoms with Gasteiger partial charge in [-0.2, -0.15) is 0 Å². The van der Waals surface area contributed by atoms with Gasteiger partial charge >= 0.3 is 0 Å². The lowest BCUT2D eigenvalue weighted by Gasteiger charge is -2.41. The van der Waals surface area contributed by atoms with E-state index in [1.807, 2.05) is 12.4 Å². The Morgan fingerprint density at radius 1 is 0.561 bits per heavy atom. The molecule has 0 atom stereocenters. The molecule has 9 rings (SSSR count). The van der Waals surface area contributed by atoms with Gasteiger partial charge in [0.15, 0.2) is 0 Å². The van der Waals surface area contributed by atoms with Crippen molar-refractivity contribution in [3.63, 3.8) is 0 Å². The van der Waals surface area contributed by atoms with Crippen molar-refractivity contribution in [1.29, 1.82) is 0 Å². The molecule has 198 valence electrons. The van der Waals surface area contributed by atoms with Gasteiger partial charge in [-0.1, -0.05) is 84.9 Å². The maximum absolute atomic E-state index is 4.90. The van der Waals surface area contributed by atoms with E-state index in [-0.39, 0.29) is 5.41 Å². The van der Waals surface area contributed by atoms with E-state index in [9.17, 15) is 0 Å². The highest BCUT2D eigenvalue weighted by Crippen LogP contribution is 2.62. The predicted octanol–water partition coefficient (Wildman–Crippen LogP) is 7.36. The van der Waals surface area contributed by atoms with E-state index in [1.165, 1.54) is 50.1 Å². The second kappa shape index (κ2) is 8.65. The van der Waals surface area contributed by atoms with Crippen molar-refractivity contribution >= 4 is 11.6 Å². The number of guanidine groups is 1. The molecule has 41 heavy (non-hydrogen) atoms. The summed E-state index contributed by atoms with van der Waals surface area (Å²) in [7, 11) is 0. The maximum Gasteiger partial charge on any atom is 0.201 e. The lowest BCUT2D eigenvalue weighted by atomic mass is 9.70. The van der Waals surface area contributed by atoms with Gasteiger partial charge in [0.1, 0.15) is 0 Å². The Bertz CT molecular complexity index is 1840. The normalized spacial score (nSPS) is 17.4. The molecule has 0 N–H and O–H groups in total. The van der Waals surface area contributed by atoms with Gasteiger partial charge < -0.3 is 9.80 Å². The molecule has 2 aliphatic heterocycles. The molecular weight excluding hydrogens is 500 g/mol. The molecule has 4 aromatic carbocycles. The Morgan fingerprint density at radius 3 is 1.93 bits per heavy atom. The van der Waals surface area contributed by atoms with Gasteiger partial charge in [0.2, 0.25) is 5.96 Å². The fraction of sp³-hybridized carbons (Fsp3) is 0.189. The molecule has 4 heteroatoms. The Kier molecular flexibility index (Phi) is 4.86. The number of pyridine rings is 1. The summed E-state index contributed by atoms with van der Waals surface area (Å²) in [4.78, 5) is 14.4. The monoisotopic (exact) mass is 530 g/mol. The van der Waals surface area contributed by atoms with Crippen molar-refractivity contribution in [3.05, 3.63) is 132 Å². The van der Waals surface area contributed by atoms with Crippen LogP contribution in [0.1, 0.15) is 35.1 Å². The number of hydrogen-bond donors (Lipinski definition) is 0. The highest BCUT2D eigenvalue weighted by molar-refractivity contribution is 5.98. The molecule has 0 radical (unpaired) electrons. The predicted molar refractivity (Wildman–Crippen MR) is 166 cm³/mol. The summed E-state index contributed by atoms with van der Waals surface area (Å²) in [6.45, 7) is 4.09. The van der Waals surface area contributed by atoms with Crippen LogP contribution in [0.4, 0.5) is 5.69 Å². The Labute approximate surface area is 240 Å². The molecule has 0 unspecified atom stereocenters. The van der Waals surface area contributed by atoms with Gasteiger partial charge in [0.05, 0.1) is 17.3 Å². The zero-order valence-corrected chi connectivity index (χ0v) is 22.9. The van der Waals surface area contributed by atoms with Gasteiger partial charge in [-0.25, -0.2) is 0 Å². The van der Waals surface area contributed by atoms with Gasteiger partial charge in [0, 0.05) is 37.9 Å². The summed E-state index contributed by atoms with van der Waals surface area (Å²) in [6, 6.07) is 36.3. The quantitative estimate of drug-likeness (QED) is 0.234. The van der Waals surface area contributed by atoms with Gasteiger partial charge in [-0.3, -0.25) is 9.98 Å². The zero-order valence-electron chi connectivity index (χ0n) is 22.9. The average Bonchev–Trinajstić information content (AvgIpc) is 3.52.